The van der Waals surface area contributed by atoms with E-state index < -0.39 is 4.75 Å². The Labute approximate surface area is 104 Å². The third-order valence-corrected chi connectivity index (χ3v) is 4.06. The number of nitrogens with zero attached hydrogens (tertiary/aromatic N) is 2. The molecule has 3 nitrogen and oxygen atoms in total. The molecule has 17 heavy (non-hydrogen) atoms. The molecule has 0 amide bonds. The van der Waals surface area contributed by atoms with Crippen LogP contribution in [0.3, 0.4) is 0 Å². The molecule has 0 radical (unpaired) electrons. The van der Waals surface area contributed by atoms with Crippen molar-refractivity contribution in [1.82, 2.24) is 4.98 Å². The van der Waals surface area contributed by atoms with Crippen molar-refractivity contribution >= 4 is 27.7 Å². The first-order chi connectivity index (χ1) is 8.20. The molecule has 0 aliphatic carbocycles. The lowest BCUT2D eigenvalue weighted by Crippen LogP contribution is -2.17. The lowest BCUT2D eigenvalue weighted by Gasteiger charge is -2.09. The molecule has 2 heterocycles. The summed E-state index contributed by atoms with van der Waals surface area (Å²) < 4.78 is -0.410. The lowest BCUT2D eigenvalue weighted by molar-refractivity contribution is 0.831. The number of fused-ring (bicyclic) bond motifs is 1. The number of hydrogen-bond acceptors (Lipinski definition) is 3. The van der Waals surface area contributed by atoms with Gasteiger partial charge in [0, 0.05) is 10.9 Å². The van der Waals surface area contributed by atoms with Crippen LogP contribution in [0.1, 0.15) is 12.6 Å². The van der Waals surface area contributed by atoms with Crippen LogP contribution >= 0.6 is 11.8 Å². The molecule has 2 aromatic rings. The van der Waals surface area contributed by atoms with Gasteiger partial charge in [0.15, 0.2) is 0 Å². The molecule has 0 bridgehead atoms. The van der Waals surface area contributed by atoms with Crippen LogP contribution in [-0.2, 0) is 0 Å². The van der Waals surface area contributed by atoms with Crippen LogP contribution in [0.4, 0.5) is 0 Å². The Morgan fingerprint density at radius 2 is 2.29 bits per heavy atom. The minimum atomic E-state index is -0.410. The monoisotopic (exact) mass is 241 g/mol. The zero-order chi connectivity index (χ0) is 11.9. The Morgan fingerprint density at radius 3 is 3.00 bits per heavy atom. The summed E-state index contributed by atoms with van der Waals surface area (Å²) in [5.74, 6) is 0. The third-order valence-electron chi connectivity index (χ3n) is 2.84. The zero-order valence-electron chi connectivity index (χ0n) is 9.40. The molecule has 1 unspecified atom stereocenters. The molecule has 1 aromatic carbocycles. The van der Waals surface area contributed by atoms with Crippen molar-refractivity contribution in [1.29, 1.82) is 5.26 Å². The first kappa shape index (κ1) is 10.4. The predicted molar refractivity (Wildman–Crippen MR) is 71.3 cm³/mol. The highest BCUT2D eigenvalue weighted by Gasteiger charge is 2.33. The molecular formula is C13H11N3S. The molecular weight excluding hydrogens is 230 g/mol. The van der Waals surface area contributed by atoms with Crippen LogP contribution in [0, 0.1) is 11.3 Å². The summed E-state index contributed by atoms with van der Waals surface area (Å²) in [5, 5.41) is 11.2. The van der Waals surface area contributed by atoms with Crippen LogP contribution < -0.4 is 0 Å². The van der Waals surface area contributed by atoms with Crippen molar-refractivity contribution in [3.05, 3.63) is 36.0 Å². The van der Waals surface area contributed by atoms with Crippen LogP contribution in [-0.4, -0.2) is 21.3 Å². The van der Waals surface area contributed by atoms with Crippen molar-refractivity contribution in [3.63, 3.8) is 0 Å². The smallest absolute Gasteiger partial charge is 0.125 e. The number of benzene rings is 1. The average Bonchev–Trinajstić information content (AvgIpc) is 2.93. The van der Waals surface area contributed by atoms with Gasteiger partial charge in [0.1, 0.15) is 9.79 Å². The van der Waals surface area contributed by atoms with Gasteiger partial charge in [-0.15, -0.1) is 0 Å². The van der Waals surface area contributed by atoms with Gasteiger partial charge in [0.05, 0.1) is 18.3 Å². The first-order valence-corrected chi connectivity index (χ1v) is 6.25. The Hall–Kier alpha value is -1.73. The Kier molecular flexibility index (Phi) is 2.23. The number of thioether (sulfide) groups is 1. The molecule has 0 fully saturated rings. The molecule has 1 aliphatic heterocycles. The fourth-order valence-corrected chi connectivity index (χ4v) is 2.84. The molecule has 0 saturated carbocycles. The number of hydrogen-bond donors (Lipinski definition) is 1. The van der Waals surface area contributed by atoms with Gasteiger partial charge in [0.25, 0.3) is 0 Å². The van der Waals surface area contributed by atoms with Crippen molar-refractivity contribution < 1.29 is 0 Å². The topological polar surface area (TPSA) is 51.9 Å². The van der Waals surface area contributed by atoms with E-state index >= 15 is 0 Å². The van der Waals surface area contributed by atoms with Gasteiger partial charge in [-0.25, -0.2) is 0 Å². The van der Waals surface area contributed by atoms with Crippen LogP contribution in [0.5, 0.6) is 0 Å². The SMILES string of the molecule is CC1(C#N)CN=C(c2cc3ccccc3[nH]2)S1. The second kappa shape index (κ2) is 3.64. The van der Waals surface area contributed by atoms with Gasteiger partial charge in [-0.1, -0.05) is 30.0 Å². The highest BCUT2D eigenvalue weighted by molar-refractivity contribution is 8.16. The molecule has 0 spiro atoms. The molecule has 1 aliphatic rings. The Bertz CT molecular complexity index is 617. The maximum atomic E-state index is 9.08. The average molecular weight is 241 g/mol. The van der Waals surface area contributed by atoms with E-state index in [0.717, 1.165) is 16.3 Å². The summed E-state index contributed by atoms with van der Waals surface area (Å²) in [6.07, 6.45) is 0. The van der Waals surface area contributed by atoms with Gasteiger partial charge in [0.2, 0.25) is 0 Å². The van der Waals surface area contributed by atoms with E-state index in [4.69, 9.17) is 5.26 Å². The zero-order valence-corrected chi connectivity index (χ0v) is 10.2. The largest absolute Gasteiger partial charge is 0.353 e. The fraction of sp³-hybridized carbons (Fsp3) is 0.231. The number of aromatic nitrogens is 1. The molecule has 1 aromatic heterocycles. The van der Waals surface area contributed by atoms with Gasteiger partial charge >= 0.3 is 0 Å². The summed E-state index contributed by atoms with van der Waals surface area (Å²) in [6.45, 7) is 2.50. The van der Waals surface area contributed by atoms with Crippen LogP contribution in [0.2, 0.25) is 0 Å². The standard InChI is InChI=1S/C13H11N3S/c1-13(7-14)8-15-12(17-13)11-6-9-4-2-3-5-10(9)16-11/h2-6,16H,8H2,1H3. The van der Waals surface area contributed by atoms with Gasteiger partial charge in [-0.05, 0) is 19.1 Å². The number of H-pyrrole nitrogens is 1. The maximum Gasteiger partial charge on any atom is 0.125 e. The summed E-state index contributed by atoms with van der Waals surface area (Å²) >= 11 is 1.54. The summed E-state index contributed by atoms with van der Waals surface area (Å²) in [4.78, 5) is 7.79. The van der Waals surface area contributed by atoms with E-state index in [2.05, 4.69) is 28.2 Å². The van der Waals surface area contributed by atoms with Crippen LogP contribution in [0.15, 0.2) is 35.3 Å². The van der Waals surface area contributed by atoms with E-state index in [9.17, 15) is 0 Å². The molecule has 4 heteroatoms. The van der Waals surface area contributed by atoms with E-state index in [0.29, 0.717) is 6.54 Å². The molecule has 1 atom stereocenters. The van der Waals surface area contributed by atoms with E-state index in [1.165, 1.54) is 17.1 Å². The van der Waals surface area contributed by atoms with Crippen molar-refractivity contribution in [3.8, 4) is 6.07 Å². The molecule has 3 rings (SSSR count). The van der Waals surface area contributed by atoms with Crippen molar-refractivity contribution in [2.45, 2.75) is 11.7 Å². The number of rotatable bonds is 1. The second-order valence-electron chi connectivity index (χ2n) is 4.34. The van der Waals surface area contributed by atoms with Crippen LogP contribution in [0.25, 0.3) is 10.9 Å². The minimum Gasteiger partial charge on any atom is -0.353 e. The van der Waals surface area contributed by atoms with Crippen molar-refractivity contribution in [2.75, 3.05) is 6.54 Å². The second-order valence-corrected chi connectivity index (χ2v) is 5.83. The first-order valence-electron chi connectivity index (χ1n) is 5.43. The number of para-hydroxylation sites is 1. The normalized spacial score (nSPS) is 23.6. The van der Waals surface area contributed by atoms with E-state index in [1.54, 1.807) is 0 Å². The highest BCUT2D eigenvalue weighted by Crippen LogP contribution is 2.35. The fourth-order valence-electron chi connectivity index (χ4n) is 1.89. The van der Waals surface area contributed by atoms with Gasteiger partial charge in [-0.2, -0.15) is 5.26 Å². The summed E-state index contributed by atoms with van der Waals surface area (Å²) in [7, 11) is 0. The van der Waals surface area contributed by atoms with Crippen molar-refractivity contribution in [2.24, 2.45) is 4.99 Å². The predicted octanol–water partition coefficient (Wildman–Crippen LogP) is 2.94. The van der Waals surface area contributed by atoms with Gasteiger partial charge in [-0.3, -0.25) is 4.99 Å². The van der Waals surface area contributed by atoms with E-state index in [1.807, 2.05) is 25.1 Å². The number of aromatic amines is 1. The Balaban J connectivity index is 1.99. The molecule has 0 saturated heterocycles. The quantitative estimate of drug-likeness (QED) is 0.834. The number of nitrogens with one attached hydrogen (secondary N) is 1. The lowest BCUT2D eigenvalue weighted by atomic mass is 10.2. The number of nitriles is 1. The van der Waals surface area contributed by atoms with Gasteiger partial charge < -0.3 is 4.98 Å². The Morgan fingerprint density at radius 1 is 1.47 bits per heavy atom. The minimum absolute atomic E-state index is 0.410. The number of aliphatic imine (C=N–C) groups is 1. The molecule has 84 valence electrons. The molecule has 1 N–H and O–H groups in total. The summed E-state index contributed by atoms with van der Waals surface area (Å²) in [6, 6.07) is 12.5. The van der Waals surface area contributed by atoms with E-state index in [-0.39, 0.29) is 0 Å². The third kappa shape index (κ3) is 1.73. The summed E-state index contributed by atoms with van der Waals surface area (Å²) in [5.41, 5.74) is 2.12. The highest BCUT2D eigenvalue weighted by atomic mass is 32.2. The maximum absolute atomic E-state index is 9.08.